The molecule has 0 aliphatic rings. The highest BCUT2D eigenvalue weighted by molar-refractivity contribution is 6.37. The maximum Gasteiger partial charge on any atom is 0.257 e. The van der Waals surface area contributed by atoms with Crippen molar-refractivity contribution in [1.29, 1.82) is 0 Å². The van der Waals surface area contributed by atoms with Crippen LogP contribution in [0.3, 0.4) is 0 Å². The zero-order chi connectivity index (χ0) is 14.9. The van der Waals surface area contributed by atoms with Crippen LogP contribution in [0, 0.1) is 11.6 Å². The summed E-state index contributed by atoms with van der Waals surface area (Å²) >= 11 is 11.6. The fourth-order valence-electron chi connectivity index (χ4n) is 1.55. The van der Waals surface area contributed by atoms with Crippen LogP contribution in [0.4, 0.5) is 20.2 Å². The average molecular weight is 317 g/mol. The normalized spacial score (nSPS) is 10.4. The Kier molecular flexibility index (Phi) is 4.11. The summed E-state index contributed by atoms with van der Waals surface area (Å²) in [6.07, 6.45) is 0. The van der Waals surface area contributed by atoms with Crippen molar-refractivity contribution in [2.24, 2.45) is 0 Å². The van der Waals surface area contributed by atoms with Gasteiger partial charge in [0.05, 0.1) is 16.3 Å². The second-order valence-electron chi connectivity index (χ2n) is 3.90. The summed E-state index contributed by atoms with van der Waals surface area (Å²) in [5, 5.41) is 2.63. The summed E-state index contributed by atoms with van der Waals surface area (Å²) in [5.41, 5.74) is 5.05. The zero-order valence-corrected chi connectivity index (χ0v) is 11.4. The fourth-order valence-corrected chi connectivity index (χ4v) is 2.04. The zero-order valence-electron chi connectivity index (χ0n) is 9.88. The molecule has 0 spiro atoms. The van der Waals surface area contributed by atoms with E-state index in [-0.39, 0.29) is 16.3 Å². The van der Waals surface area contributed by atoms with E-state index in [1.54, 1.807) is 0 Å². The molecule has 0 bridgehead atoms. The molecule has 2 aromatic carbocycles. The van der Waals surface area contributed by atoms with Crippen LogP contribution in [0.2, 0.25) is 10.0 Å². The smallest absolute Gasteiger partial charge is 0.257 e. The van der Waals surface area contributed by atoms with E-state index in [4.69, 9.17) is 28.9 Å². The number of halogens is 4. The maximum absolute atomic E-state index is 13.6. The SMILES string of the molecule is Nc1ccc(F)c(F)c1NC(=O)c1ccc(Cl)cc1Cl. The molecular weight excluding hydrogens is 309 g/mol. The van der Waals surface area contributed by atoms with E-state index in [0.29, 0.717) is 5.02 Å². The number of amides is 1. The Hall–Kier alpha value is -1.85. The number of nitrogens with one attached hydrogen (secondary N) is 1. The Labute approximate surface area is 123 Å². The summed E-state index contributed by atoms with van der Waals surface area (Å²) in [4.78, 5) is 12.0. The molecule has 1 amide bonds. The quantitative estimate of drug-likeness (QED) is 0.819. The minimum absolute atomic E-state index is 0.0686. The predicted octanol–water partition coefficient (Wildman–Crippen LogP) is 4.11. The van der Waals surface area contributed by atoms with Crippen LogP contribution < -0.4 is 11.1 Å². The van der Waals surface area contributed by atoms with Gasteiger partial charge in [-0.05, 0) is 30.3 Å². The summed E-state index contributed by atoms with van der Waals surface area (Å²) in [7, 11) is 0. The third-order valence-corrected chi connectivity index (χ3v) is 3.09. The van der Waals surface area contributed by atoms with Gasteiger partial charge in [-0.25, -0.2) is 8.78 Å². The van der Waals surface area contributed by atoms with E-state index >= 15 is 0 Å². The molecule has 0 atom stereocenters. The third kappa shape index (κ3) is 2.84. The largest absolute Gasteiger partial charge is 0.397 e. The first-order valence-corrected chi connectivity index (χ1v) is 6.15. The topological polar surface area (TPSA) is 55.1 Å². The Morgan fingerprint density at radius 3 is 2.50 bits per heavy atom. The Morgan fingerprint density at radius 1 is 1.15 bits per heavy atom. The maximum atomic E-state index is 13.6. The lowest BCUT2D eigenvalue weighted by Crippen LogP contribution is -2.15. The van der Waals surface area contributed by atoms with Crippen molar-refractivity contribution >= 4 is 40.5 Å². The van der Waals surface area contributed by atoms with Crippen molar-refractivity contribution in [3.05, 3.63) is 57.6 Å². The Morgan fingerprint density at radius 2 is 1.85 bits per heavy atom. The Balaban J connectivity index is 2.35. The van der Waals surface area contributed by atoms with E-state index in [1.807, 2.05) is 0 Å². The number of benzene rings is 2. The molecule has 0 aromatic heterocycles. The van der Waals surface area contributed by atoms with Crippen molar-refractivity contribution in [2.75, 3.05) is 11.1 Å². The van der Waals surface area contributed by atoms with Crippen LogP contribution in [-0.4, -0.2) is 5.91 Å². The van der Waals surface area contributed by atoms with Crippen LogP contribution in [-0.2, 0) is 0 Å². The number of nitrogen functional groups attached to an aromatic ring is 1. The third-order valence-electron chi connectivity index (χ3n) is 2.54. The van der Waals surface area contributed by atoms with E-state index in [0.717, 1.165) is 12.1 Å². The highest BCUT2D eigenvalue weighted by atomic mass is 35.5. The molecule has 0 aliphatic heterocycles. The van der Waals surface area contributed by atoms with Crippen molar-refractivity contribution in [1.82, 2.24) is 0 Å². The van der Waals surface area contributed by atoms with E-state index < -0.39 is 23.2 Å². The van der Waals surface area contributed by atoms with Gasteiger partial charge in [-0.15, -0.1) is 0 Å². The van der Waals surface area contributed by atoms with Gasteiger partial charge < -0.3 is 11.1 Å². The van der Waals surface area contributed by atoms with Gasteiger partial charge in [0, 0.05) is 5.02 Å². The standard InChI is InChI=1S/C13H8Cl2F2N2O/c14-6-1-2-7(8(15)5-6)13(20)19-12-10(18)4-3-9(16)11(12)17/h1-5H,18H2,(H,19,20). The number of hydrogen-bond donors (Lipinski definition) is 2. The molecule has 2 rings (SSSR count). The van der Waals surface area contributed by atoms with E-state index in [9.17, 15) is 13.6 Å². The predicted molar refractivity (Wildman–Crippen MR) is 75.2 cm³/mol. The first kappa shape index (κ1) is 14.6. The summed E-state index contributed by atoms with van der Waals surface area (Å²) in [5.74, 6) is -3.07. The number of anilines is 2. The minimum Gasteiger partial charge on any atom is -0.397 e. The van der Waals surface area contributed by atoms with Crippen molar-refractivity contribution < 1.29 is 13.6 Å². The second-order valence-corrected chi connectivity index (χ2v) is 4.75. The average Bonchev–Trinajstić information content (AvgIpc) is 2.39. The van der Waals surface area contributed by atoms with Crippen molar-refractivity contribution in [2.45, 2.75) is 0 Å². The summed E-state index contributed by atoms with van der Waals surface area (Å²) in [6, 6.07) is 6.21. The van der Waals surface area contributed by atoms with Crippen LogP contribution in [0.1, 0.15) is 10.4 Å². The van der Waals surface area contributed by atoms with Gasteiger partial charge in [-0.2, -0.15) is 0 Å². The highest BCUT2D eigenvalue weighted by Gasteiger charge is 2.17. The molecular formula is C13H8Cl2F2N2O. The number of rotatable bonds is 2. The molecule has 0 saturated carbocycles. The molecule has 3 N–H and O–H groups in total. The molecule has 0 saturated heterocycles. The number of nitrogens with two attached hydrogens (primary N) is 1. The van der Waals surface area contributed by atoms with Gasteiger partial charge in [0.15, 0.2) is 11.6 Å². The lowest BCUT2D eigenvalue weighted by molar-refractivity contribution is 0.102. The lowest BCUT2D eigenvalue weighted by Gasteiger charge is -2.10. The van der Waals surface area contributed by atoms with Gasteiger partial charge >= 0.3 is 0 Å². The molecule has 3 nitrogen and oxygen atoms in total. The first-order chi connectivity index (χ1) is 9.40. The van der Waals surface area contributed by atoms with Gasteiger partial charge in [-0.1, -0.05) is 23.2 Å². The van der Waals surface area contributed by atoms with Crippen molar-refractivity contribution in [3.63, 3.8) is 0 Å². The van der Waals surface area contributed by atoms with Crippen LogP contribution >= 0.6 is 23.2 Å². The molecule has 0 heterocycles. The van der Waals surface area contributed by atoms with Crippen LogP contribution in [0.25, 0.3) is 0 Å². The molecule has 7 heteroatoms. The highest BCUT2D eigenvalue weighted by Crippen LogP contribution is 2.27. The molecule has 2 aromatic rings. The van der Waals surface area contributed by atoms with Gasteiger partial charge in [0.25, 0.3) is 5.91 Å². The molecule has 0 unspecified atom stereocenters. The second kappa shape index (κ2) is 5.64. The molecule has 104 valence electrons. The number of carbonyl (C=O) groups excluding carboxylic acids is 1. The minimum atomic E-state index is -1.23. The molecule has 0 aliphatic carbocycles. The number of hydrogen-bond acceptors (Lipinski definition) is 2. The van der Waals surface area contributed by atoms with Gasteiger partial charge in [0.2, 0.25) is 0 Å². The molecule has 0 radical (unpaired) electrons. The molecule has 20 heavy (non-hydrogen) atoms. The van der Waals surface area contributed by atoms with E-state index in [2.05, 4.69) is 5.32 Å². The number of carbonyl (C=O) groups is 1. The van der Waals surface area contributed by atoms with Crippen LogP contribution in [0.5, 0.6) is 0 Å². The first-order valence-electron chi connectivity index (χ1n) is 5.40. The van der Waals surface area contributed by atoms with Crippen LogP contribution in [0.15, 0.2) is 30.3 Å². The van der Waals surface area contributed by atoms with Gasteiger partial charge in [0.1, 0.15) is 5.69 Å². The van der Waals surface area contributed by atoms with E-state index in [1.165, 1.54) is 18.2 Å². The summed E-state index contributed by atoms with van der Waals surface area (Å²) in [6.45, 7) is 0. The summed E-state index contributed by atoms with van der Waals surface area (Å²) < 4.78 is 26.7. The fraction of sp³-hybridized carbons (Fsp3) is 0. The van der Waals surface area contributed by atoms with Gasteiger partial charge in [-0.3, -0.25) is 4.79 Å². The van der Waals surface area contributed by atoms with Crippen molar-refractivity contribution in [3.8, 4) is 0 Å². The monoisotopic (exact) mass is 316 g/mol. The Bertz CT molecular complexity index is 692. The lowest BCUT2D eigenvalue weighted by atomic mass is 10.2. The molecule has 0 fully saturated rings.